The minimum absolute atomic E-state index is 0.107. The molecule has 0 aromatic carbocycles. The topological polar surface area (TPSA) is 78.9 Å². The molecule has 0 saturated heterocycles. The second-order valence-corrected chi connectivity index (χ2v) is 19.5. The van der Waals surface area contributed by atoms with Crippen LogP contribution in [0.1, 0.15) is 278 Å². The molecule has 0 amide bonds. The quantitative estimate of drug-likeness (QED) is 0.0261. The van der Waals surface area contributed by atoms with Crippen LogP contribution < -0.4 is 0 Å². The molecule has 0 N–H and O–H groups in total. The van der Waals surface area contributed by atoms with Crippen molar-refractivity contribution >= 4 is 17.9 Å². The standard InChI is InChI=1S/C65H110O6/c1-4-7-10-13-16-19-22-25-28-31-32-35-38-41-44-47-50-53-56-59-65(68)71-62(60-69-63(66)57-54-51-48-45-42-39-36-33-29-26-23-20-17-14-11-8-5-2)61-70-64(67)58-55-52-49-46-43-40-37-34-30-27-24-21-18-15-12-9-6-3/h16-17,19-20,25-30,36-37,39-40,46,49,62H,4-15,18,21-24,31-35,38,41-45,47-48,50-61H2,1-3H3/b19-16-,20-17-,28-25-,29-26-,30-27-,39-36-,40-37-,49-46-/t62-/m1/s1. The van der Waals surface area contributed by atoms with Crippen molar-refractivity contribution in [3.8, 4) is 0 Å². The summed E-state index contributed by atoms with van der Waals surface area (Å²) in [5, 5.41) is 0. The molecule has 0 aliphatic heterocycles. The molecule has 0 heterocycles. The third-order valence-electron chi connectivity index (χ3n) is 12.5. The Kier molecular flexibility index (Phi) is 55.9. The van der Waals surface area contributed by atoms with Gasteiger partial charge in [-0.1, -0.05) is 234 Å². The lowest BCUT2D eigenvalue weighted by Crippen LogP contribution is -2.30. The Balaban J connectivity index is 4.50. The summed E-state index contributed by atoms with van der Waals surface area (Å²) < 4.78 is 16.8. The van der Waals surface area contributed by atoms with Gasteiger partial charge in [-0.15, -0.1) is 0 Å². The van der Waals surface area contributed by atoms with Crippen LogP contribution in [0.2, 0.25) is 0 Å². The average molecular weight is 988 g/mol. The minimum atomic E-state index is -0.811. The molecule has 0 fully saturated rings. The third-order valence-corrected chi connectivity index (χ3v) is 12.5. The van der Waals surface area contributed by atoms with Gasteiger partial charge in [0.15, 0.2) is 6.10 Å². The maximum atomic E-state index is 12.9. The molecular formula is C65H110O6. The first-order valence-corrected chi connectivity index (χ1v) is 29.7. The number of carbonyl (C=O) groups excluding carboxylic acids is 3. The molecule has 0 aromatic heterocycles. The summed E-state index contributed by atoms with van der Waals surface area (Å²) >= 11 is 0. The fraction of sp³-hybridized carbons (Fsp3) is 0.708. The summed E-state index contributed by atoms with van der Waals surface area (Å²) in [6.45, 7) is 6.53. The molecule has 71 heavy (non-hydrogen) atoms. The summed E-state index contributed by atoms with van der Waals surface area (Å²) in [6, 6.07) is 0. The molecule has 0 bridgehead atoms. The molecule has 0 saturated carbocycles. The number of carbonyl (C=O) groups is 3. The SMILES string of the molecule is CCCCC/C=C\C/C=C\C/C=C\CCCCCCC(=O)OC[C@H](COC(=O)CCC/C=C\C/C=C\C/C=C\CCCCCCCC)OC(=O)CCCCCCCCCCC/C=C\C/C=C\CCCCC. The average Bonchev–Trinajstić information content (AvgIpc) is 3.37. The lowest BCUT2D eigenvalue weighted by Gasteiger charge is -2.18. The van der Waals surface area contributed by atoms with E-state index in [-0.39, 0.29) is 37.5 Å². The lowest BCUT2D eigenvalue weighted by molar-refractivity contribution is -0.167. The molecule has 6 nitrogen and oxygen atoms in total. The first-order valence-electron chi connectivity index (χ1n) is 29.7. The van der Waals surface area contributed by atoms with Crippen molar-refractivity contribution in [2.24, 2.45) is 0 Å². The van der Waals surface area contributed by atoms with Gasteiger partial charge in [-0.2, -0.15) is 0 Å². The van der Waals surface area contributed by atoms with E-state index in [1.54, 1.807) is 0 Å². The summed E-state index contributed by atoms with van der Waals surface area (Å²) in [6.07, 6.45) is 78.3. The number of hydrogen-bond acceptors (Lipinski definition) is 6. The molecule has 0 rings (SSSR count). The van der Waals surface area contributed by atoms with Gasteiger partial charge in [0, 0.05) is 19.3 Å². The Morgan fingerprint density at radius 2 is 0.521 bits per heavy atom. The Morgan fingerprint density at radius 1 is 0.282 bits per heavy atom. The van der Waals surface area contributed by atoms with E-state index in [1.807, 2.05) is 0 Å². The number of unbranched alkanes of at least 4 members (excludes halogenated alkanes) is 26. The highest BCUT2D eigenvalue weighted by molar-refractivity contribution is 5.71. The summed E-state index contributed by atoms with van der Waals surface area (Å²) in [5.41, 5.74) is 0. The number of allylic oxidation sites excluding steroid dienone is 16. The zero-order chi connectivity index (χ0) is 51.4. The maximum absolute atomic E-state index is 12.9. The van der Waals surface area contributed by atoms with Crippen LogP contribution in [-0.2, 0) is 28.6 Å². The molecule has 0 spiro atoms. The monoisotopic (exact) mass is 987 g/mol. The molecule has 0 aromatic rings. The molecule has 1 atom stereocenters. The number of rotatable bonds is 53. The van der Waals surface area contributed by atoms with Crippen molar-refractivity contribution in [3.63, 3.8) is 0 Å². The van der Waals surface area contributed by atoms with Gasteiger partial charge in [0.05, 0.1) is 0 Å². The van der Waals surface area contributed by atoms with Crippen LogP contribution in [-0.4, -0.2) is 37.2 Å². The number of ether oxygens (including phenoxy) is 3. The zero-order valence-electron chi connectivity index (χ0n) is 46.5. The molecule has 0 radical (unpaired) electrons. The maximum Gasteiger partial charge on any atom is 0.306 e. The normalized spacial score (nSPS) is 12.8. The van der Waals surface area contributed by atoms with Gasteiger partial charge in [-0.3, -0.25) is 14.4 Å². The van der Waals surface area contributed by atoms with Crippen molar-refractivity contribution in [2.45, 2.75) is 284 Å². The van der Waals surface area contributed by atoms with E-state index in [1.165, 1.54) is 141 Å². The van der Waals surface area contributed by atoms with Crippen molar-refractivity contribution < 1.29 is 28.6 Å². The molecular weight excluding hydrogens is 877 g/mol. The van der Waals surface area contributed by atoms with Crippen LogP contribution in [0.3, 0.4) is 0 Å². The zero-order valence-corrected chi connectivity index (χ0v) is 46.5. The molecule has 406 valence electrons. The van der Waals surface area contributed by atoms with Crippen molar-refractivity contribution in [2.75, 3.05) is 13.2 Å². The van der Waals surface area contributed by atoms with E-state index >= 15 is 0 Å². The van der Waals surface area contributed by atoms with Crippen molar-refractivity contribution in [1.82, 2.24) is 0 Å². The molecule has 0 unspecified atom stereocenters. The number of hydrogen-bond donors (Lipinski definition) is 0. The molecule has 6 heteroatoms. The van der Waals surface area contributed by atoms with E-state index < -0.39 is 6.10 Å². The lowest BCUT2D eigenvalue weighted by atomic mass is 10.1. The first-order chi connectivity index (χ1) is 35.0. The van der Waals surface area contributed by atoms with Gasteiger partial charge in [0.2, 0.25) is 0 Å². The van der Waals surface area contributed by atoms with E-state index in [2.05, 4.69) is 118 Å². The predicted octanol–water partition coefficient (Wildman–Crippen LogP) is 20.1. The fourth-order valence-electron chi connectivity index (χ4n) is 8.02. The van der Waals surface area contributed by atoms with Crippen LogP contribution in [0.4, 0.5) is 0 Å². The largest absolute Gasteiger partial charge is 0.462 e. The van der Waals surface area contributed by atoms with E-state index in [0.717, 1.165) is 89.9 Å². The third kappa shape index (κ3) is 57.1. The van der Waals surface area contributed by atoms with E-state index in [9.17, 15) is 14.4 Å². The van der Waals surface area contributed by atoms with Gasteiger partial charge >= 0.3 is 17.9 Å². The molecule has 0 aliphatic rings. The van der Waals surface area contributed by atoms with Gasteiger partial charge in [0.1, 0.15) is 13.2 Å². The van der Waals surface area contributed by atoms with Crippen LogP contribution in [0.15, 0.2) is 97.2 Å². The highest BCUT2D eigenvalue weighted by Gasteiger charge is 2.19. The smallest absolute Gasteiger partial charge is 0.306 e. The second-order valence-electron chi connectivity index (χ2n) is 19.5. The Bertz CT molecular complexity index is 1410. The van der Waals surface area contributed by atoms with Crippen LogP contribution in [0, 0.1) is 0 Å². The van der Waals surface area contributed by atoms with Crippen LogP contribution >= 0.6 is 0 Å². The minimum Gasteiger partial charge on any atom is -0.462 e. The highest BCUT2D eigenvalue weighted by atomic mass is 16.6. The Labute approximate surface area is 438 Å². The van der Waals surface area contributed by atoms with Gasteiger partial charge in [-0.05, 0) is 122 Å². The van der Waals surface area contributed by atoms with E-state index in [4.69, 9.17) is 14.2 Å². The van der Waals surface area contributed by atoms with Crippen molar-refractivity contribution in [3.05, 3.63) is 97.2 Å². The summed E-state index contributed by atoms with van der Waals surface area (Å²) in [4.78, 5) is 38.2. The van der Waals surface area contributed by atoms with Gasteiger partial charge in [0.25, 0.3) is 0 Å². The second kappa shape index (κ2) is 58.9. The van der Waals surface area contributed by atoms with Crippen LogP contribution in [0.5, 0.6) is 0 Å². The van der Waals surface area contributed by atoms with Crippen LogP contribution in [0.25, 0.3) is 0 Å². The predicted molar refractivity (Wildman–Crippen MR) is 307 cm³/mol. The highest BCUT2D eigenvalue weighted by Crippen LogP contribution is 2.14. The summed E-state index contributed by atoms with van der Waals surface area (Å²) in [7, 11) is 0. The van der Waals surface area contributed by atoms with Crippen molar-refractivity contribution in [1.29, 1.82) is 0 Å². The Morgan fingerprint density at radius 3 is 0.873 bits per heavy atom. The van der Waals surface area contributed by atoms with E-state index in [0.29, 0.717) is 19.3 Å². The van der Waals surface area contributed by atoms with Gasteiger partial charge in [-0.25, -0.2) is 0 Å². The van der Waals surface area contributed by atoms with Gasteiger partial charge < -0.3 is 14.2 Å². The fourth-order valence-corrected chi connectivity index (χ4v) is 8.02. The summed E-state index contributed by atoms with van der Waals surface area (Å²) in [5.74, 6) is -0.980. The number of esters is 3. The first kappa shape index (κ1) is 67.3. The Hall–Kier alpha value is -3.67. The molecule has 0 aliphatic carbocycles.